The summed E-state index contributed by atoms with van der Waals surface area (Å²) in [6.45, 7) is 3.78. The van der Waals surface area contributed by atoms with Gasteiger partial charge in [0.15, 0.2) is 5.65 Å². The molecule has 0 saturated carbocycles. The van der Waals surface area contributed by atoms with E-state index in [1.165, 1.54) is 0 Å². The van der Waals surface area contributed by atoms with Gasteiger partial charge in [-0.2, -0.15) is 0 Å². The molecule has 2 aromatic rings. The Kier molecular flexibility index (Phi) is 4.02. The zero-order valence-electron chi connectivity index (χ0n) is 11.4. The molecule has 0 spiro atoms. The minimum absolute atomic E-state index is 0.122. The summed E-state index contributed by atoms with van der Waals surface area (Å²) >= 11 is 9.35. The van der Waals surface area contributed by atoms with E-state index in [0.717, 1.165) is 53.9 Å². The second-order valence-electron chi connectivity index (χ2n) is 5.45. The van der Waals surface area contributed by atoms with Crippen LogP contribution in [-0.2, 0) is 17.7 Å². The predicted octanol–water partition coefficient (Wildman–Crippen LogP) is 3.54. The maximum Gasteiger partial charge on any atom is 0.160 e. The minimum Gasteiger partial charge on any atom is -0.373 e. The number of aryl methyl sites for hydroxylation is 1. The van der Waals surface area contributed by atoms with E-state index in [4.69, 9.17) is 16.3 Å². The summed E-state index contributed by atoms with van der Waals surface area (Å²) in [4.78, 5) is 9.18. The van der Waals surface area contributed by atoms with E-state index in [0.29, 0.717) is 5.88 Å². The Morgan fingerprint density at radius 1 is 1.55 bits per heavy atom. The van der Waals surface area contributed by atoms with Crippen molar-refractivity contribution < 1.29 is 4.74 Å². The fraction of sp³-hybridized carbons (Fsp3) is 0.571. The van der Waals surface area contributed by atoms with Gasteiger partial charge in [0.25, 0.3) is 0 Å². The SMILES string of the molecule is CC1(Cn2c(CCCl)nc3cc(Br)cnc32)CCCO1. The van der Waals surface area contributed by atoms with Crippen LogP contribution in [0.15, 0.2) is 16.7 Å². The van der Waals surface area contributed by atoms with E-state index < -0.39 is 0 Å². The zero-order valence-corrected chi connectivity index (χ0v) is 13.7. The lowest BCUT2D eigenvalue weighted by atomic mass is 10.0. The van der Waals surface area contributed by atoms with Gasteiger partial charge in [0, 0.05) is 29.6 Å². The van der Waals surface area contributed by atoms with Crippen molar-refractivity contribution >= 4 is 38.7 Å². The average Bonchev–Trinajstić information content (AvgIpc) is 2.96. The summed E-state index contributed by atoms with van der Waals surface area (Å²) < 4.78 is 9.00. The van der Waals surface area contributed by atoms with Crippen LogP contribution >= 0.6 is 27.5 Å². The molecule has 0 aromatic carbocycles. The summed E-state index contributed by atoms with van der Waals surface area (Å²) in [6, 6.07) is 1.99. The van der Waals surface area contributed by atoms with Gasteiger partial charge in [-0.15, -0.1) is 11.6 Å². The molecule has 1 aliphatic rings. The number of hydrogen-bond donors (Lipinski definition) is 0. The van der Waals surface area contributed by atoms with Crippen LogP contribution in [0.4, 0.5) is 0 Å². The van der Waals surface area contributed by atoms with Crippen LogP contribution in [0.25, 0.3) is 11.2 Å². The first-order valence-electron chi connectivity index (χ1n) is 6.82. The van der Waals surface area contributed by atoms with Crippen molar-refractivity contribution in [3.63, 3.8) is 0 Å². The quantitative estimate of drug-likeness (QED) is 0.785. The Morgan fingerprint density at radius 3 is 3.10 bits per heavy atom. The molecule has 1 aliphatic heterocycles. The normalized spacial score (nSPS) is 22.8. The third-order valence-electron chi connectivity index (χ3n) is 3.74. The lowest BCUT2D eigenvalue weighted by Crippen LogP contribution is -2.30. The van der Waals surface area contributed by atoms with Gasteiger partial charge in [-0.3, -0.25) is 0 Å². The van der Waals surface area contributed by atoms with Gasteiger partial charge in [0.05, 0.1) is 12.1 Å². The molecule has 0 radical (unpaired) electrons. The molecular weight excluding hydrogens is 342 g/mol. The number of aromatic nitrogens is 3. The van der Waals surface area contributed by atoms with Gasteiger partial charge in [-0.05, 0) is 41.8 Å². The maximum atomic E-state index is 5.90. The molecule has 0 N–H and O–H groups in total. The van der Waals surface area contributed by atoms with Crippen LogP contribution in [-0.4, -0.2) is 32.6 Å². The first-order valence-corrected chi connectivity index (χ1v) is 8.15. The molecule has 3 heterocycles. The highest BCUT2D eigenvalue weighted by molar-refractivity contribution is 9.10. The van der Waals surface area contributed by atoms with Crippen LogP contribution in [0.2, 0.25) is 0 Å². The molecule has 0 bridgehead atoms. The molecule has 0 amide bonds. The number of ether oxygens (including phenoxy) is 1. The number of hydrogen-bond acceptors (Lipinski definition) is 3. The van der Waals surface area contributed by atoms with Crippen molar-refractivity contribution in [3.8, 4) is 0 Å². The molecule has 108 valence electrons. The highest BCUT2D eigenvalue weighted by atomic mass is 79.9. The third-order valence-corrected chi connectivity index (χ3v) is 4.36. The van der Waals surface area contributed by atoms with Gasteiger partial charge >= 0.3 is 0 Å². The second kappa shape index (κ2) is 5.62. The maximum absolute atomic E-state index is 5.90. The molecule has 0 aliphatic carbocycles. The zero-order chi connectivity index (χ0) is 14.2. The van der Waals surface area contributed by atoms with E-state index in [-0.39, 0.29) is 5.60 Å². The van der Waals surface area contributed by atoms with Crippen molar-refractivity contribution in [3.05, 3.63) is 22.6 Å². The fourth-order valence-corrected chi connectivity index (χ4v) is 3.26. The Labute approximate surface area is 131 Å². The molecule has 1 unspecified atom stereocenters. The van der Waals surface area contributed by atoms with Crippen molar-refractivity contribution in [1.29, 1.82) is 0 Å². The molecule has 6 heteroatoms. The first-order chi connectivity index (χ1) is 9.61. The van der Waals surface area contributed by atoms with Gasteiger partial charge in [0.1, 0.15) is 11.3 Å². The summed E-state index contributed by atoms with van der Waals surface area (Å²) in [5.74, 6) is 1.54. The van der Waals surface area contributed by atoms with Crippen molar-refractivity contribution in [2.24, 2.45) is 0 Å². The first kappa shape index (κ1) is 14.3. The number of rotatable bonds is 4. The lowest BCUT2D eigenvalue weighted by Gasteiger charge is -2.24. The number of alkyl halides is 1. The van der Waals surface area contributed by atoms with E-state index in [1.54, 1.807) is 0 Å². The Balaban J connectivity index is 2.04. The molecule has 1 atom stereocenters. The summed E-state index contributed by atoms with van der Waals surface area (Å²) in [5, 5.41) is 0. The molecule has 20 heavy (non-hydrogen) atoms. The number of nitrogens with zero attached hydrogens (tertiary/aromatic N) is 3. The standard InChI is InChI=1S/C14H17BrClN3O/c1-14(4-2-6-20-14)9-19-12(3-5-16)18-11-7-10(15)8-17-13(11)19/h7-8H,2-6,9H2,1H3. The van der Waals surface area contributed by atoms with Gasteiger partial charge < -0.3 is 9.30 Å². The van der Waals surface area contributed by atoms with Crippen LogP contribution in [0.5, 0.6) is 0 Å². The van der Waals surface area contributed by atoms with Crippen LogP contribution in [0.3, 0.4) is 0 Å². The van der Waals surface area contributed by atoms with Crippen molar-refractivity contribution in [1.82, 2.24) is 14.5 Å². The van der Waals surface area contributed by atoms with E-state index >= 15 is 0 Å². The van der Waals surface area contributed by atoms with E-state index in [2.05, 4.69) is 37.4 Å². The Morgan fingerprint density at radius 2 is 2.40 bits per heavy atom. The van der Waals surface area contributed by atoms with Gasteiger partial charge in [0.2, 0.25) is 0 Å². The molecule has 3 rings (SSSR count). The highest BCUT2D eigenvalue weighted by Gasteiger charge is 2.31. The molecule has 2 aromatic heterocycles. The Hall–Kier alpha value is -0.650. The number of halogens is 2. The number of imidazole rings is 1. The summed E-state index contributed by atoms with van der Waals surface area (Å²) in [6.07, 6.45) is 4.74. The number of pyridine rings is 1. The highest BCUT2D eigenvalue weighted by Crippen LogP contribution is 2.29. The molecular formula is C14H17BrClN3O. The Bertz CT molecular complexity index is 622. The molecule has 1 fully saturated rings. The van der Waals surface area contributed by atoms with Crippen molar-refractivity contribution in [2.75, 3.05) is 12.5 Å². The third kappa shape index (κ3) is 2.71. The minimum atomic E-state index is -0.122. The van der Waals surface area contributed by atoms with Crippen molar-refractivity contribution in [2.45, 2.75) is 38.3 Å². The van der Waals surface area contributed by atoms with E-state index in [9.17, 15) is 0 Å². The topological polar surface area (TPSA) is 39.9 Å². The number of fused-ring (bicyclic) bond motifs is 1. The van der Waals surface area contributed by atoms with Gasteiger partial charge in [-0.1, -0.05) is 0 Å². The van der Waals surface area contributed by atoms with E-state index in [1.807, 2.05) is 12.3 Å². The summed E-state index contributed by atoms with van der Waals surface area (Å²) in [7, 11) is 0. The largest absolute Gasteiger partial charge is 0.373 e. The van der Waals surface area contributed by atoms with Crippen LogP contribution in [0.1, 0.15) is 25.6 Å². The fourth-order valence-electron chi connectivity index (χ4n) is 2.77. The molecule has 1 saturated heterocycles. The lowest BCUT2D eigenvalue weighted by molar-refractivity contribution is 0.00642. The average molecular weight is 359 g/mol. The molecule has 4 nitrogen and oxygen atoms in total. The predicted molar refractivity (Wildman–Crippen MR) is 83.2 cm³/mol. The smallest absolute Gasteiger partial charge is 0.160 e. The van der Waals surface area contributed by atoms with Gasteiger partial charge in [-0.25, -0.2) is 9.97 Å². The van der Waals surface area contributed by atoms with Crippen LogP contribution < -0.4 is 0 Å². The van der Waals surface area contributed by atoms with Crippen LogP contribution in [0, 0.1) is 0 Å². The second-order valence-corrected chi connectivity index (χ2v) is 6.74. The summed E-state index contributed by atoms with van der Waals surface area (Å²) in [5.41, 5.74) is 1.69. The monoisotopic (exact) mass is 357 g/mol.